The molecule has 130 valence electrons. The Balaban J connectivity index is 1.58. The van der Waals surface area contributed by atoms with Crippen LogP contribution in [0.3, 0.4) is 0 Å². The van der Waals surface area contributed by atoms with Crippen LogP contribution in [0.25, 0.3) is 10.9 Å². The van der Waals surface area contributed by atoms with Crippen molar-refractivity contribution < 1.29 is 14.3 Å². The molecule has 1 N–H and O–H groups in total. The third kappa shape index (κ3) is 3.29. The van der Waals surface area contributed by atoms with Gasteiger partial charge in [-0.05, 0) is 24.3 Å². The number of aromatic nitrogens is 2. The van der Waals surface area contributed by atoms with E-state index in [-0.39, 0.29) is 11.1 Å². The highest BCUT2D eigenvalue weighted by Gasteiger charge is 2.14. The number of nitrogens with one attached hydrogen (secondary N) is 1. The van der Waals surface area contributed by atoms with Crippen LogP contribution in [0, 0.1) is 0 Å². The Bertz CT molecular complexity index is 1010. The molecule has 1 aliphatic heterocycles. The highest BCUT2D eigenvalue weighted by Crippen LogP contribution is 2.34. The number of rotatable bonds is 3. The van der Waals surface area contributed by atoms with E-state index in [9.17, 15) is 4.79 Å². The van der Waals surface area contributed by atoms with Gasteiger partial charge in [-0.2, -0.15) is 5.10 Å². The van der Waals surface area contributed by atoms with Crippen LogP contribution in [0.1, 0.15) is 15.9 Å². The third-order valence-corrected chi connectivity index (χ3v) is 4.07. The van der Waals surface area contributed by atoms with E-state index in [4.69, 9.17) is 21.1 Å². The number of carbonyl (C=O) groups is 1. The van der Waals surface area contributed by atoms with Gasteiger partial charge >= 0.3 is 0 Å². The predicted octanol–water partition coefficient (Wildman–Crippen LogP) is 2.82. The Kier molecular flexibility index (Phi) is 4.37. The lowest BCUT2D eigenvalue weighted by Crippen LogP contribution is -2.17. The summed E-state index contributed by atoms with van der Waals surface area (Å²) in [7, 11) is 0. The molecule has 0 fully saturated rings. The van der Waals surface area contributed by atoms with E-state index in [2.05, 4.69) is 20.5 Å². The van der Waals surface area contributed by atoms with Gasteiger partial charge < -0.3 is 9.47 Å². The Morgan fingerprint density at radius 2 is 1.88 bits per heavy atom. The second-order valence-corrected chi connectivity index (χ2v) is 5.85. The molecule has 0 saturated heterocycles. The summed E-state index contributed by atoms with van der Waals surface area (Å²) in [5.74, 6) is 0.980. The Labute approximate surface area is 153 Å². The van der Waals surface area contributed by atoms with Crippen LogP contribution < -0.4 is 14.9 Å². The van der Waals surface area contributed by atoms with Gasteiger partial charge in [-0.15, -0.1) is 0 Å². The molecule has 1 amide bonds. The number of fused-ring (bicyclic) bond motifs is 2. The molecular formula is C18H13ClN4O3. The van der Waals surface area contributed by atoms with Crippen LogP contribution in [0.4, 0.5) is 0 Å². The Hall–Kier alpha value is -3.19. The highest BCUT2D eigenvalue weighted by atomic mass is 35.5. The topological polar surface area (TPSA) is 85.7 Å². The zero-order valence-electron chi connectivity index (χ0n) is 13.5. The number of benzene rings is 1. The maximum atomic E-state index is 12.0. The minimum Gasteiger partial charge on any atom is -0.486 e. The number of pyridine rings is 2. The highest BCUT2D eigenvalue weighted by molar-refractivity contribution is 6.32. The molecule has 0 spiro atoms. The molecule has 7 nitrogen and oxygen atoms in total. The van der Waals surface area contributed by atoms with Gasteiger partial charge in [-0.3, -0.25) is 9.78 Å². The number of halogens is 1. The van der Waals surface area contributed by atoms with Gasteiger partial charge in [0.05, 0.1) is 11.7 Å². The SMILES string of the molecule is O=C(N/N=C\c1cc2cc3c(cc2nc1Cl)OCCO3)c1ccncc1. The van der Waals surface area contributed by atoms with Crippen molar-refractivity contribution in [3.8, 4) is 11.5 Å². The Morgan fingerprint density at radius 3 is 2.65 bits per heavy atom. The molecule has 0 aliphatic carbocycles. The van der Waals surface area contributed by atoms with Gasteiger partial charge in [-0.1, -0.05) is 11.6 Å². The molecule has 2 aromatic heterocycles. The molecule has 3 aromatic rings. The van der Waals surface area contributed by atoms with Gasteiger partial charge in [0.2, 0.25) is 0 Å². The fraction of sp³-hybridized carbons (Fsp3) is 0.111. The van der Waals surface area contributed by atoms with Gasteiger partial charge in [0, 0.05) is 35.0 Å². The maximum Gasteiger partial charge on any atom is 0.271 e. The van der Waals surface area contributed by atoms with Crippen molar-refractivity contribution in [2.24, 2.45) is 5.10 Å². The number of hydrazone groups is 1. The van der Waals surface area contributed by atoms with E-state index in [0.29, 0.717) is 41.4 Å². The third-order valence-electron chi connectivity index (χ3n) is 3.77. The van der Waals surface area contributed by atoms with Gasteiger partial charge in [0.15, 0.2) is 11.5 Å². The van der Waals surface area contributed by atoms with E-state index < -0.39 is 0 Å². The normalized spacial score (nSPS) is 13.1. The molecule has 3 heterocycles. The molecule has 8 heteroatoms. The first-order valence-electron chi connectivity index (χ1n) is 7.84. The molecule has 0 radical (unpaired) electrons. The van der Waals surface area contributed by atoms with Crippen molar-refractivity contribution in [3.63, 3.8) is 0 Å². The quantitative estimate of drug-likeness (QED) is 0.436. The van der Waals surface area contributed by atoms with Crippen LogP contribution in [-0.2, 0) is 0 Å². The first kappa shape index (κ1) is 16.3. The number of hydrogen-bond acceptors (Lipinski definition) is 6. The number of ether oxygens (including phenoxy) is 2. The van der Waals surface area contributed by atoms with E-state index >= 15 is 0 Å². The summed E-state index contributed by atoms with van der Waals surface area (Å²) in [6.07, 6.45) is 4.52. The minimum absolute atomic E-state index is 0.274. The molecule has 0 bridgehead atoms. The van der Waals surface area contributed by atoms with Crippen molar-refractivity contribution in [1.82, 2.24) is 15.4 Å². The monoisotopic (exact) mass is 368 g/mol. The summed E-state index contributed by atoms with van der Waals surface area (Å²) < 4.78 is 11.1. The summed E-state index contributed by atoms with van der Waals surface area (Å²) in [6.45, 7) is 1.02. The molecular weight excluding hydrogens is 356 g/mol. The van der Waals surface area contributed by atoms with Crippen molar-refractivity contribution in [1.29, 1.82) is 0 Å². The van der Waals surface area contributed by atoms with Crippen LogP contribution in [0.2, 0.25) is 5.15 Å². The van der Waals surface area contributed by atoms with Gasteiger partial charge in [0.1, 0.15) is 18.4 Å². The first-order chi connectivity index (χ1) is 12.7. The smallest absolute Gasteiger partial charge is 0.271 e. The van der Waals surface area contributed by atoms with Crippen molar-refractivity contribution in [2.45, 2.75) is 0 Å². The van der Waals surface area contributed by atoms with Crippen molar-refractivity contribution in [2.75, 3.05) is 13.2 Å². The van der Waals surface area contributed by atoms with E-state index in [1.54, 1.807) is 18.2 Å². The lowest BCUT2D eigenvalue weighted by Gasteiger charge is -2.18. The lowest BCUT2D eigenvalue weighted by molar-refractivity contribution is 0.0955. The maximum absolute atomic E-state index is 12.0. The predicted molar refractivity (Wildman–Crippen MR) is 97.0 cm³/mol. The van der Waals surface area contributed by atoms with E-state index in [0.717, 1.165) is 5.39 Å². The minimum atomic E-state index is -0.340. The van der Waals surface area contributed by atoms with Crippen molar-refractivity contribution in [3.05, 3.63) is 59.0 Å². The molecule has 0 saturated carbocycles. The summed E-state index contributed by atoms with van der Waals surface area (Å²) in [4.78, 5) is 20.2. The second-order valence-electron chi connectivity index (χ2n) is 5.49. The summed E-state index contributed by atoms with van der Waals surface area (Å²) in [5.41, 5.74) is 4.17. The standard InChI is InChI=1S/C18H13ClN4O3/c19-17-13(10-21-23-18(24)11-1-3-20-4-2-11)7-12-8-15-16(9-14(12)22-17)26-6-5-25-15/h1-4,7-10H,5-6H2,(H,23,24)/b21-10-. The zero-order chi connectivity index (χ0) is 17.9. The number of carbonyl (C=O) groups excluding carboxylic acids is 1. The van der Waals surface area contributed by atoms with Crippen LogP contribution in [0.5, 0.6) is 11.5 Å². The molecule has 4 rings (SSSR count). The van der Waals surface area contributed by atoms with Gasteiger partial charge in [-0.25, -0.2) is 10.4 Å². The van der Waals surface area contributed by atoms with Crippen LogP contribution >= 0.6 is 11.6 Å². The molecule has 1 aliphatic rings. The molecule has 1 aromatic carbocycles. The summed E-state index contributed by atoms with van der Waals surface area (Å²) in [6, 6.07) is 8.66. The van der Waals surface area contributed by atoms with Crippen LogP contribution in [0.15, 0.2) is 47.8 Å². The van der Waals surface area contributed by atoms with E-state index in [1.165, 1.54) is 18.6 Å². The average Bonchev–Trinajstić information content (AvgIpc) is 2.67. The lowest BCUT2D eigenvalue weighted by atomic mass is 10.1. The second kappa shape index (κ2) is 6.97. The molecule has 26 heavy (non-hydrogen) atoms. The first-order valence-corrected chi connectivity index (χ1v) is 8.22. The largest absolute Gasteiger partial charge is 0.486 e. The number of hydrogen-bond donors (Lipinski definition) is 1. The summed E-state index contributed by atoms with van der Waals surface area (Å²) >= 11 is 6.22. The number of nitrogens with zero attached hydrogens (tertiary/aromatic N) is 3. The number of amides is 1. The average molecular weight is 369 g/mol. The van der Waals surface area contributed by atoms with Crippen LogP contribution in [-0.4, -0.2) is 35.3 Å². The zero-order valence-corrected chi connectivity index (χ0v) is 14.2. The Morgan fingerprint density at radius 1 is 1.15 bits per heavy atom. The fourth-order valence-corrected chi connectivity index (χ4v) is 2.72. The van der Waals surface area contributed by atoms with Gasteiger partial charge in [0.25, 0.3) is 5.91 Å². The molecule has 0 atom stereocenters. The van der Waals surface area contributed by atoms with Crippen molar-refractivity contribution >= 4 is 34.6 Å². The van der Waals surface area contributed by atoms with E-state index in [1.807, 2.05) is 12.1 Å². The fourth-order valence-electron chi connectivity index (χ4n) is 2.52. The molecule has 0 unspecified atom stereocenters. The summed E-state index contributed by atoms with van der Waals surface area (Å²) in [5, 5.41) is 5.06.